The van der Waals surface area contributed by atoms with E-state index in [2.05, 4.69) is 42.8 Å². The van der Waals surface area contributed by atoms with Crippen molar-refractivity contribution in [1.29, 1.82) is 0 Å². The van der Waals surface area contributed by atoms with Crippen molar-refractivity contribution in [2.45, 2.75) is 45.1 Å². The summed E-state index contributed by atoms with van der Waals surface area (Å²) in [7, 11) is 1.90. The maximum Gasteiger partial charge on any atom is 0.193 e. The highest BCUT2D eigenvalue weighted by atomic mass is 15.3. The van der Waals surface area contributed by atoms with E-state index in [0.29, 0.717) is 12.0 Å². The number of hydrogen-bond acceptors (Lipinski definition) is 3. The number of piperidine rings is 1. The van der Waals surface area contributed by atoms with Crippen molar-refractivity contribution in [2.75, 3.05) is 46.3 Å². The molecule has 0 aliphatic carbocycles. The standard InChI is InChI=1S/C19H34N6/c1-17-7-12-24(15-18(17)25-14-8-21-16-25)19(20-2)22-9-13-23-10-5-3-4-6-11-23/h8,14,16-18H,3-7,9-13,15H2,1-2H3,(H,20,22). The van der Waals surface area contributed by atoms with Crippen molar-refractivity contribution in [1.82, 2.24) is 24.7 Å². The summed E-state index contributed by atoms with van der Waals surface area (Å²) >= 11 is 0. The number of rotatable bonds is 4. The summed E-state index contributed by atoms with van der Waals surface area (Å²) in [4.78, 5) is 13.8. The molecule has 0 aromatic carbocycles. The summed E-state index contributed by atoms with van der Waals surface area (Å²) < 4.78 is 2.25. The summed E-state index contributed by atoms with van der Waals surface area (Å²) in [5.41, 5.74) is 0. The van der Waals surface area contributed by atoms with E-state index >= 15 is 0 Å². The quantitative estimate of drug-likeness (QED) is 0.671. The fourth-order valence-electron chi connectivity index (χ4n) is 4.11. The first-order valence-corrected chi connectivity index (χ1v) is 9.93. The van der Waals surface area contributed by atoms with Gasteiger partial charge in [0.05, 0.1) is 12.4 Å². The molecule has 0 radical (unpaired) electrons. The Morgan fingerprint density at radius 2 is 2.00 bits per heavy atom. The maximum absolute atomic E-state index is 4.54. The average molecular weight is 347 g/mol. The van der Waals surface area contributed by atoms with E-state index in [4.69, 9.17) is 0 Å². The fourth-order valence-corrected chi connectivity index (χ4v) is 4.11. The van der Waals surface area contributed by atoms with Gasteiger partial charge < -0.3 is 19.7 Å². The number of aliphatic imine (C=N–C) groups is 1. The topological polar surface area (TPSA) is 48.7 Å². The molecule has 3 rings (SSSR count). The minimum atomic E-state index is 0.473. The Balaban J connectivity index is 1.50. The number of nitrogens with one attached hydrogen (secondary N) is 1. The lowest BCUT2D eigenvalue weighted by molar-refractivity contribution is 0.188. The minimum Gasteiger partial charge on any atom is -0.355 e. The predicted molar refractivity (Wildman–Crippen MR) is 103 cm³/mol. The van der Waals surface area contributed by atoms with Crippen molar-refractivity contribution < 1.29 is 0 Å². The first kappa shape index (κ1) is 18.2. The second-order valence-electron chi connectivity index (χ2n) is 7.52. The van der Waals surface area contributed by atoms with Gasteiger partial charge in [0.15, 0.2) is 5.96 Å². The molecule has 0 amide bonds. The van der Waals surface area contributed by atoms with Crippen LogP contribution < -0.4 is 5.32 Å². The summed E-state index contributed by atoms with van der Waals surface area (Å²) in [5, 5.41) is 3.60. The lowest BCUT2D eigenvalue weighted by atomic mass is 9.93. The number of hydrogen-bond donors (Lipinski definition) is 1. The van der Waals surface area contributed by atoms with Crippen LogP contribution in [-0.2, 0) is 0 Å². The summed E-state index contributed by atoms with van der Waals surface area (Å²) in [6, 6.07) is 0.473. The van der Waals surface area contributed by atoms with Gasteiger partial charge >= 0.3 is 0 Å². The van der Waals surface area contributed by atoms with Gasteiger partial charge in [-0.05, 0) is 38.3 Å². The fraction of sp³-hybridized carbons (Fsp3) is 0.789. The van der Waals surface area contributed by atoms with Crippen LogP contribution in [0.3, 0.4) is 0 Å². The molecule has 3 heterocycles. The molecule has 2 fully saturated rings. The molecule has 2 unspecified atom stereocenters. The SMILES string of the molecule is CN=C(NCCN1CCCCCC1)N1CCC(C)C(n2ccnc2)C1. The highest BCUT2D eigenvalue weighted by Gasteiger charge is 2.28. The molecule has 2 aliphatic heterocycles. The first-order valence-electron chi connectivity index (χ1n) is 9.93. The first-order chi connectivity index (χ1) is 12.3. The van der Waals surface area contributed by atoms with E-state index in [-0.39, 0.29) is 0 Å². The molecular formula is C19H34N6. The Hall–Kier alpha value is -1.56. The number of likely N-dealkylation sites (tertiary alicyclic amines) is 2. The van der Waals surface area contributed by atoms with E-state index in [1.54, 1.807) is 0 Å². The summed E-state index contributed by atoms with van der Waals surface area (Å²) in [6.45, 7) is 9.03. The molecule has 1 N–H and O–H groups in total. The van der Waals surface area contributed by atoms with E-state index in [1.807, 2.05) is 19.6 Å². The molecule has 1 aromatic heterocycles. The van der Waals surface area contributed by atoms with Crippen LogP contribution in [0.1, 0.15) is 45.1 Å². The molecule has 0 saturated carbocycles. The summed E-state index contributed by atoms with van der Waals surface area (Å²) in [6.07, 6.45) is 12.6. The normalized spacial score (nSPS) is 26.5. The van der Waals surface area contributed by atoms with Crippen LogP contribution in [0.15, 0.2) is 23.7 Å². The molecule has 6 heteroatoms. The van der Waals surface area contributed by atoms with Crippen molar-refractivity contribution in [3.63, 3.8) is 0 Å². The Labute approximate surface area is 152 Å². The average Bonchev–Trinajstić information content (AvgIpc) is 3.04. The lowest BCUT2D eigenvalue weighted by Gasteiger charge is -2.39. The van der Waals surface area contributed by atoms with Crippen LogP contribution in [0.4, 0.5) is 0 Å². The highest BCUT2D eigenvalue weighted by molar-refractivity contribution is 5.80. The van der Waals surface area contributed by atoms with Crippen molar-refractivity contribution in [3.8, 4) is 0 Å². The third-order valence-corrected chi connectivity index (χ3v) is 5.75. The van der Waals surface area contributed by atoms with Crippen LogP contribution in [-0.4, -0.2) is 71.6 Å². The zero-order valence-corrected chi connectivity index (χ0v) is 15.9. The third-order valence-electron chi connectivity index (χ3n) is 5.75. The van der Waals surface area contributed by atoms with Gasteiger partial charge in [0, 0.05) is 45.6 Å². The number of guanidine groups is 1. The second-order valence-corrected chi connectivity index (χ2v) is 7.52. The van der Waals surface area contributed by atoms with E-state index in [9.17, 15) is 0 Å². The van der Waals surface area contributed by atoms with Crippen LogP contribution >= 0.6 is 0 Å². The Kier molecular flexibility index (Phi) is 6.73. The van der Waals surface area contributed by atoms with E-state index in [1.165, 1.54) is 45.2 Å². The number of aromatic nitrogens is 2. The molecule has 1 aromatic rings. The smallest absolute Gasteiger partial charge is 0.193 e. The van der Waals surface area contributed by atoms with Crippen molar-refractivity contribution in [2.24, 2.45) is 10.9 Å². The molecule has 25 heavy (non-hydrogen) atoms. The highest BCUT2D eigenvalue weighted by Crippen LogP contribution is 2.27. The lowest BCUT2D eigenvalue weighted by Crippen LogP contribution is -2.50. The van der Waals surface area contributed by atoms with Gasteiger partial charge in [-0.3, -0.25) is 4.99 Å². The monoisotopic (exact) mass is 346 g/mol. The molecule has 0 bridgehead atoms. The molecule has 6 nitrogen and oxygen atoms in total. The van der Waals surface area contributed by atoms with Crippen molar-refractivity contribution >= 4 is 5.96 Å². The molecule has 2 aliphatic rings. The molecular weight excluding hydrogens is 312 g/mol. The van der Waals surface area contributed by atoms with Gasteiger partial charge in [-0.1, -0.05) is 19.8 Å². The van der Waals surface area contributed by atoms with Gasteiger partial charge in [0.2, 0.25) is 0 Å². The maximum atomic E-state index is 4.54. The van der Waals surface area contributed by atoms with Gasteiger partial charge in [0.1, 0.15) is 0 Å². The van der Waals surface area contributed by atoms with Gasteiger partial charge in [-0.15, -0.1) is 0 Å². The Morgan fingerprint density at radius 1 is 1.20 bits per heavy atom. The summed E-state index contributed by atoms with van der Waals surface area (Å²) in [5.74, 6) is 1.72. The molecule has 0 spiro atoms. The van der Waals surface area contributed by atoms with E-state index in [0.717, 1.165) is 32.1 Å². The minimum absolute atomic E-state index is 0.473. The molecule has 140 valence electrons. The Morgan fingerprint density at radius 3 is 2.68 bits per heavy atom. The third kappa shape index (κ3) is 4.97. The number of imidazole rings is 1. The van der Waals surface area contributed by atoms with Crippen molar-refractivity contribution in [3.05, 3.63) is 18.7 Å². The number of nitrogens with zero attached hydrogens (tertiary/aromatic N) is 5. The predicted octanol–water partition coefficient (Wildman–Crippen LogP) is 2.22. The van der Waals surface area contributed by atoms with Crippen LogP contribution in [0.25, 0.3) is 0 Å². The van der Waals surface area contributed by atoms with Gasteiger partial charge in [-0.25, -0.2) is 4.98 Å². The Bertz CT molecular complexity index is 518. The second kappa shape index (κ2) is 9.22. The van der Waals surface area contributed by atoms with Gasteiger partial charge in [-0.2, -0.15) is 0 Å². The van der Waals surface area contributed by atoms with Crippen LogP contribution in [0, 0.1) is 5.92 Å². The zero-order chi connectivity index (χ0) is 17.5. The largest absolute Gasteiger partial charge is 0.355 e. The molecule has 2 saturated heterocycles. The zero-order valence-electron chi connectivity index (χ0n) is 15.9. The van der Waals surface area contributed by atoms with E-state index < -0.39 is 0 Å². The van der Waals surface area contributed by atoms with Gasteiger partial charge in [0.25, 0.3) is 0 Å². The molecule has 2 atom stereocenters. The van der Waals surface area contributed by atoms with Crippen LogP contribution in [0.2, 0.25) is 0 Å². The van der Waals surface area contributed by atoms with Crippen LogP contribution in [0.5, 0.6) is 0 Å².